The van der Waals surface area contributed by atoms with E-state index in [9.17, 15) is 27.6 Å². The van der Waals surface area contributed by atoms with Crippen LogP contribution in [0.4, 0.5) is 23.2 Å². The van der Waals surface area contributed by atoms with Crippen LogP contribution in [0, 0.1) is 17.1 Å². The Kier molecular flexibility index (Phi) is 6.32. The lowest BCUT2D eigenvalue weighted by Crippen LogP contribution is -2.15. The van der Waals surface area contributed by atoms with Gasteiger partial charge in [0.2, 0.25) is 5.91 Å². The number of pyridine rings is 2. The number of nitriles is 1. The van der Waals surface area contributed by atoms with Crippen molar-refractivity contribution >= 4 is 23.4 Å². The van der Waals surface area contributed by atoms with Gasteiger partial charge in [0.25, 0.3) is 0 Å². The minimum atomic E-state index is -4.81. The highest BCUT2D eigenvalue weighted by Crippen LogP contribution is 2.38. The molecule has 0 unspecified atom stereocenters. The van der Waals surface area contributed by atoms with Crippen molar-refractivity contribution in [3.63, 3.8) is 0 Å². The van der Waals surface area contributed by atoms with Gasteiger partial charge >= 0.3 is 6.18 Å². The Bertz CT molecular complexity index is 1100. The van der Waals surface area contributed by atoms with Crippen molar-refractivity contribution in [2.45, 2.75) is 11.2 Å². The number of amides is 1. The predicted molar refractivity (Wildman–Crippen MR) is 103 cm³/mol. The molecule has 3 rings (SSSR count). The summed E-state index contributed by atoms with van der Waals surface area (Å²) in [5.74, 6) is -1.33. The predicted octanol–water partition coefficient (Wildman–Crippen LogP) is 4.90. The topological polar surface area (TPSA) is 78.7 Å². The minimum Gasteiger partial charge on any atom is -0.324 e. The second-order valence-corrected chi connectivity index (χ2v) is 6.89. The third kappa shape index (κ3) is 5.12. The molecule has 1 amide bonds. The zero-order valence-electron chi connectivity index (χ0n) is 15.1. The lowest BCUT2D eigenvalue weighted by Gasteiger charge is -2.14. The van der Waals surface area contributed by atoms with Crippen LogP contribution in [-0.4, -0.2) is 21.6 Å². The summed E-state index contributed by atoms with van der Waals surface area (Å²) < 4.78 is 53.7. The van der Waals surface area contributed by atoms with E-state index in [1.165, 1.54) is 30.6 Å². The average molecular weight is 432 g/mol. The van der Waals surface area contributed by atoms with Crippen LogP contribution in [-0.2, 0) is 11.0 Å². The molecule has 0 aliphatic rings. The largest absolute Gasteiger partial charge is 0.417 e. The molecule has 3 aromatic rings. The smallest absolute Gasteiger partial charge is 0.324 e. The van der Waals surface area contributed by atoms with E-state index < -0.39 is 29.0 Å². The quantitative estimate of drug-likeness (QED) is 0.458. The molecular formula is C20H12F4N4OS. The summed E-state index contributed by atoms with van der Waals surface area (Å²) in [7, 11) is 0. The van der Waals surface area contributed by atoms with Crippen LogP contribution in [0.5, 0.6) is 0 Å². The number of hydrogen-bond acceptors (Lipinski definition) is 5. The molecule has 0 aliphatic carbocycles. The molecule has 0 radical (unpaired) electrons. The molecular weight excluding hydrogens is 420 g/mol. The van der Waals surface area contributed by atoms with Gasteiger partial charge in [0.1, 0.15) is 16.9 Å². The van der Waals surface area contributed by atoms with Gasteiger partial charge in [-0.1, -0.05) is 11.8 Å². The number of nitrogens with one attached hydrogen (secondary N) is 1. The van der Waals surface area contributed by atoms with Gasteiger partial charge in [0.15, 0.2) is 0 Å². The van der Waals surface area contributed by atoms with Crippen molar-refractivity contribution in [1.82, 2.24) is 9.97 Å². The van der Waals surface area contributed by atoms with E-state index in [2.05, 4.69) is 15.3 Å². The van der Waals surface area contributed by atoms with Crippen molar-refractivity contribution in [2.24, 2.45) is 0 Å². The highest BCUT2D eigenvalue weighted by atomic mass is 32.2. The Morgan fingerprint density at radius 2 is 1.93 bits per heavy atom. The molecule has 2 heterocycles. The van der Waals surface area contributed by atoms with Gasteiger partial charge in [-0.15, -0.1) is 0 Å². The van der Waals surface area contributed by atoms with Crippen molar-refractivity contribution in [3.05, 3.63) is 71.8 Å². The molecule has 0 bridgehead atoms. The van der Waals surface area contributed by atoms with Crippen LogP contribution in [0.25, 0.3) is 11.3 Å². The number of aromatic nitrogens is 2. The van der Waals surface area contributed by atoms with E-state index in [0.717, 1.165) is 18.2 Å². The van der Waals surface area contributed by atoms with E-state index >= 15 is 0 Å². The Morgan fingerprint density at radius 1 is 1.20 bits per heavy atom. The van der Waals surface area contributed by atoms with Gasteiger partial charge in [-0.3, -0.25) is 9.78 Å². The summed E-state index contributed by atoms with van der Waals surface area (Å²) in [5, 5.41) is 11.6. The van der Waals surface area contributed by atoms with Crippen LogP contribution in [0.1, 0.15) is 11.1 Å². The van der Waals surface area contributed by atoms with Crippen molar-refractivity contribution in [3.8, 4) is 17.3 Å². The maximum atomic E-state index is 13.5. The molecule has 0 aliphatic heterocycles. The monoisotopic (exact) mass is 432 g/mol. The SMILES string of the molecule is N#Cc1c(C(F)(F)F)cc(-c2ccc(F)cc2)nc1SCC(=O)Nc1cccnc1. The summed E-state index contributed by atoms with van der Waals surface area (Å²) >= 11 is 0.701. The number of hydrogen-bond donors (Lipinski definition) is 1. The fourth-order valence-electron chi connectivity index (χ4n) is 2.49. The van der Waals surface area contributed by atoms with E-state index in [0.29, 0.717) is 17.4 Å². The first-order chi connectivity index (χ1) is 14.3. The van der Waals surface area contributed by atoms with Crippen LogP contribution >= 0.6 is 11.8 Å². The Labute approximate surface area is 172 Å². The number of anilines is 1. The molecule has 0 atom stereocenters. The molecule has 0 saturated heterocycles. The lowest BCUT2D eigenvalue weighted by molar-refractivity contribution is -0.138. The average Bonchev–Trinajstić information content (AvgIpc) is 2.72. The number of halogens is 4. The first kappa shape index (κ1) is 21.3. The molecule has 10 heteroatoms. The zero-order valence-corrected chi connectivity index (χ0v) is 15.9. The molecule has 1 aromatic carbocycles. The Hall–Kier alpha value is -3.45. The molecule has 152 valence electrons. The van der Waals surface area contributed by atoms with Gasteiger partial charge < -0.3 is 5.32 Å². The van der Waals surface area contributed by atoms with Crippen LogP contribution in [0.15, 0.2) is 59.9 Å². The first-order valence-electron chi connectivity index (χ1n) is 8.39. The van der Waals surface area contributed by atoms with E-state index in [-0.39, 0.29) is 22.0 Å². The van der Waals surface area contributed by atoms with Gasteiger partial charge in [-0.25, -0.2) is 9.37 Å². The number of alkyl halides is 3. The van der Waals surface area contributed by atoms with Gasteiger partial charge in [-0.2, -0.15) is 18.4 Å². The van der Waals surface area contributed by atoms with Crippen LogP contribution in [0.3, 0.4) is 0 Å². The molecule has 0 fully saturated rings. The lowest BCUT2D eigenvalue weighted by atomic mass is 10.1. The summed E-state index contributed by atoms with van der Waals surface area (Å²) in [4.78, 5) is 20.1. The third-order valence-electron chi connectivity index (χ3n) is 3.83. The Balaban J connectivity index is 1.93. The van der Waals surface area contributed by atoms with Crippen LogP contribution < -0.4 is 5.32 Å². The van der Waals surface area contributed by atoms with E-state index in [1.807, 2.05) is 0 Å². The van der Waals surface area contributed by atoms with Crippen molar-refractivity contribution < 1.29 is 22.4 Å². The van der Waals surface area contributed by atoms with Crippen molar-refractivity contribution in [1.29, 1.82) is 5.26 Å². The maximum absolute atomic E-state index is 13.5. The second kappa shape index (κ2) is 8.92. The standard InChI is InChI=1S/C20H12F4N4OS/c21-13-5-3-12(4-6-13)17-8-16(20(22,23)24)15(9-25)19(28-17)30-11-18(29)27-14-2-1-7-26-10-14/h1-8,10H,11H2,(H,27,29). The number of rotatable bonds is 5. The number of carbonyl (C=O) groups is 1. The minimum absolute atomic E-state index is 0.0866. The molecule has 0 spiro atoms. The molecule has 1 N–H and O–H groups in total. The number of nitrogens with zero attached hydrogens (tertiary/aromatic N) is 3. The number of benzene rings is 1. The number of carbonyl (C=O) groups excluding carboxylic acids is 1. The highest BCUT2D eigenvalue weighted by Gasteiger charge is 2.36. The van der Waals surface area contributed by atoms with Crippen molar-refractivity contribution in [2.75, 3.05) is 11.1 Å². The summed E-state index contributed by atoms with van der Waals surface area (Å²) in [6.45, 7) is 0. The second-order valence-electron chi connectivity index (χ2n) is 5.93. The molecule has 0 saturated carbocycles. The van der Waals surface area contributed by atoms with Crippen LogP contribution in [0.2, 0.25) is 0 Å². The normalized spacial score (nSPS) is 11.0. The van der Waals surface area contributed by atoms with Gasteiger partial charge in [-0.05, 0) is 42.5 Å². The fourth-order valence-corrected chi connectivity index (χ4v) is 3.30. The highest BCUT2D eigenvalue weighted by molar-refractivity contribution is 8.00. The summed E-state index contributed by atoms with van der Waals surface area (Å²) in [5.41, 5.74) is -1.26. The molecule has 2 aromatic heterocycles. The third-order valence-corrected chi connectivity index (χ3v) is 4.80. The number of thioether (sulfide) groups is 1. The first-order valence-corrected chi connectivity index (χ1v) is 9.37. The maximum Gasteiger partial charge on any atom is 0.417 e. The van der Waals surface area contributed by atoms with Gasteiger partial charge in [0.05, 0.1) is 34.5 Å². The molecule has 5 nitrogen and oxygen atoms in total. The van der Waals surface area contributed by atoms with E-state index in [1.54, 1.807) is 12.1 Å². The van der Waals surface area contributed by atoms with Gasteiger partial charge in [0, 0.05) is 11.8 Å². The Morgan fingerprint density at radius 3 is 2.53 bits per heavy atom. The fraction of sp³-hybridized carbons (Fsp3) is 0.100. The van der Waals surface area contributed by atoms with E-state index in [4.69, 9.17) is 0 Å². The molecule has 30 heavy (non-hydrogen) atoms. The summed E-state index contributed by atoms with van der Waals surface area (Å²) in [6, 6.07) is 10.2. The zero-order chi connectivity index (χ0) is 21.7. The summed E-state index contributed by atoms with van der Waals surface area (Å²) in [6.07, 6.45) is -1.87.